The summed E-state index contributed by atoms with van der Waals surface area (Å²) in [6.45, 7) is 5.99. The zero-order valence-electron chi connectivity index (χ0n) is 19.2. The van der Waals surface area contributed by atoms with E-state index in [9.17, 15) is 14.7 Å². The maximum Gasteiger partial charge on any atom is 0.344 e. The van der Waals surface area contributed by atoms with Gasteiger partial charge in [-0.1, -0.05) is 45.4 Å². The number of aliphatic hydroxyl groups is 1. The fraction of sp³-hybridized carbons (Fsp3) is 0.240. The van der Waals surface area contributed by atoms with Crippen LogP contribution in [0.4, 0.5) is 0 Å². The number of aliphatic hydroxyl groups excluding tert-OH is 1. The number of ether oxygens (including phenoxy) is 3. The first kappa shape index (κ1) is 25.6. The Bertz CT molecular complexity index is 1200. The number of nitrogens with zero attached hydrogens (tertiary/aromatic N) is 1. The van der Waals surface area contributed by atoms with E-state index < -0.39 is 11.9 Å². The third kappa shape index (κ3) is 5.71. The summed E-state index contributed by atoms with van der Waals surface area (Å²) in [4.78, 5) is 29.8. The Balaban J connectivity index is 2.05. The van der Waals surface area contributed by atoms with Gasteiger partial charge in [-0.25, -0.2) is 9.79 Å². The standard InChI is InChI=1S/C25H24BrNO6S/c1-5-32-19-11-16(17(26)13-18(19)31-4)12-20-22(28)21(25(30)33-6-2)24(34-20)27-23(29)15-9-7-14(3)8-10-15/h7-13,28H,5-6H2,1-4H3/b20-12-,27-24?. The number of aliphatic imine (C=N–C) groups is 1. The van der Waals surface area contributed by atoms with Crippen LogP contribution in [0.3, 0.4) is 0 Å². The SMILES string of the molecule is CCOC(=O)C1=C(O)/C(=C/c2cc(OCC)c(OC)cc2Br)SC1=NC(=O)c1ccc(C)cc1. The molecule has 3 rings (SSSR count). The van der Waals surface area contributed by atoms with Crippen LogP contribution < -0.4 is 9.47 Å². The molecule has 1 amide bonds. The van der Waals surface area contributed by atoms with Crippen molar-refractivity contribution in [3.05, 3.63) is 73.8 Å². The number of carbonyl (C=O) groups is 2. The third-order valence-electron chi connectivity index (χ3n) is 4.74. The summed E-state index contributed by atoms with van der Waals surface area (Å²) < 4.78 is 16.8. The van der Waals surface area contributed by atoms with E-state index in [1.807, 2.05) is 13.8 Å². The Hall–Kier alpha value is -3.04. The van der Waals surface area contributed by atoms with E-state index in [1.165, 1.54) is 0 Å². The van der Waals surface area contributed by atoms with Crippen molar-refractivity contribution in [2.24, 2.45) is 4.99 Å². The van der Waals surface area contributed by atoms with Gasteiger partial charge in [0.15, 0.2) is 11.5 Å². The van der Waals surface area contributed by atoms with E-state index in [-0.39, 0.29) is 23.0 Å². The van der Waals surface area contributed by atoms with Crippen LogP contribution in [0.25, 0.3) is 6.08 Å². The molecule has 178 valence electrons. The van der Waals surface area contributed by atoms with Crippen molar-refractivity contribution >= 4 is 50.7 Å². The Morgan fingerprint density at radius 2 is 1.82 bits per heavy atom. The predicted molar refractivity (Wildman–Crippen MR) is 137 cm³/mol. The molecule has 0 atom stereocenters. The first-order valence-electron chi connectivity index (χ1n) is 10.5. The second-order valence-electron chi connectivity index (χ2n) is 7.10. The Morgan fingerprint density at radius 1 is 1.12 bits per heavy atom. The van der Waals surface area contributed by atoms with Gasteiger partial charge < -0.3 is 19.3 Å². The molecule has 34 heavy (non-hydrogen) atoms. The van der Waals surface area contributed by atoms with Gasteiger partial charge in [0.25, 0.3) is 5.91 Å². The highest BCUT2D eigenvalue weighted by atomic mass is 79.9. The maximum atomic E-state index is 12.7. The van der Waals surface area contributed by atoms with E-state index in [1.54, 1.807) is 56.5 Å². The lowest BCUT2D eigenvalue weighted by Crippen LogP contribution is -2.14. The number of hydrogen-bond donors (Lipinski definition) is 1. The minimum absolute atomic E-state index is 0.0717. The fourth-order valence-corrected chi connectivity index (χ4v) is 4.52. The summed E-state index contributed by atoms with van der Waals surface area (Å²) in [6, 6.07) is 10.4. The lowest BCUT2D eigenvalue weighted by molar-refractivity contribution is -0.138. The second-order valence-corrected chi connectivity index (χ2v) is 8.99. The Labute approximate surface area is 210 Å². The highest BCUT2D eigenvalue weighted by Gasteiger charge is 2.34. The summed E-state index contributed by atoms with van der Waals surface area (Å²) >= 11 is 4.51. The zero-order valence-corrected chi connectivity index (χ0v) is 21.6. The summed E-state index contributed by atoms with van der Waals surface area (Å²) in [6.07, 6.45) is 1.67. The van der Waals surface area contributed by atoms with Crippen LogP contribution in [0.1, 0.15) is 35.3 Å². The largest absolute Gasteiger partial charge is 0.506 e. The molecule has 0 radical (unpaired) electrons. The molecule has 2 aromatic rings. The lowest BCUT2D eigenvalue weighted by atomic mass is 10.1. The third-order valence-corrected chi connectivity index (χ3v) is 6.45. The summed E-state index contributed by atoms with van der Waals surface area (Å²) in [7, 11) is 1.54. The minimum Gasteiger partial charge on any atom is -0.506 e. The van der Waals surface area contributed by atoms with E-state index in [2.05, 4.69) is 20.9 Å². The Morgan fingerprint density at radius 3 is 2.44 bits per heavy atom. The number of thioether (sulfide) groups is 1. The van der Waals surface area contributed by atoms with Gasteiger partial charge in [0.1, 0.15) is 16.4 Å². The quantitative estimate of drug-likeness (QED) is 0.435. The minimum atomic E-state index is -0.754. The molecule has 9 heteroatoms. The number of carbonyl (C=O) groups excluding carboxylic acids is 2. The van der Waals surface area contributed by atoms with Crippen LogP contribution in [0.5, 0.6) is 11.5 Å². The molecule has 7 nitrogen and oxygen atoms in total. The van der Waals surface area contributed by atoms with Crippen molar-refractivity contribution in [1.29, 1.82) is 0 Å². The highest BCUT2D eigenvalue weighted by Crippen LogP contribution is 2.41. The van der Waals surface area contributed by atoms with Crippen LogP contribution in [0.15, 0.2) is 62.1 Å². The van der Waals surface area contributed by atoms with Crippen molar-refractivity contribution in [3.8, 4) is 11.5 Å². The fourth-order valence-electron chi connectivity index (χ4n) is 3.08. The van der Waals surface area contributed by atoms with Gasteiger partial charge in [-0.2, -0.15) is 0 Å². The van der Waals surface area contributed by atoms with Gasteiger partial charge in [0, 0.05) is 10.0 Å². The number of amides is 1. The number of benzene rings is 2. The highest BCUT2D eigenvalue weighted by molar-refractivity contribution is 9.10. The van der Waals surface area contributed by atoms with Crippen molar-refractivity contribution in [3.63, 3.8) is 0 Å². The normalized spacial score (nSPS) is 15.7. The molecule has 0 fully saturated rings. The van der Waals surface area contributed by atoms with Crippen LogP contribution in [0.2, 0.25) is 0 Å². The van der Waals surface area contributed by atoms with Crippen molar-refractivity contribution in [1.82, 2.24) is 0 Å². The molecular weight excluding hydrogens is 522 g/mol. The molecule has 0 aromatic heterocycles. The molecule has 1 aliphatic heterocycles. The number of esters is 1. The number of rotatable bonds is 7. The number of methoxy groups -OCH3 is 1. The molecular formula is C25H24BrNO6S. The zero-order chi connectivity index (χ0) is 24.8. The molecule has 2 aromatic carbocycles. The van der Waals surface area contributed by atoms with Crippen molar-refractivity contribution < 1.29 is 28.9 Å². The number of hydrogen-bond acceptors (Lipinski definition) is 7. The van der Waals surface area contributed by atoms with Crippen molar-refractivity contribution in [2.75, 3.05) is 20.3 Å². The van der Waals surface area contributed by atoms with Crippen LogP contribution in [-0.2, 0) is 9.53 Å². The second kappa shape index (κ2) is 11.4. The maximum absolute atomic E-state index is 12.7. The van der Waals surface area contributed by atoms with Crippen LogP contribution in [-0.4, -0.2) is 42.4 Å². The first-order valence-corrected chi connectivity index (χ1v) is 12.1. The summed E-state index contributed by atoms with van der Waals surface area (Å²) in [5.41, 5.74) is 1.91. The molecule has 1 N–H and O–H groups in total. The van der Waals surface area contributed by atoms with E-state index in [0.717, 1.165) is 17.3 Å². The topological polar surface area (TPSA) is 94.4 Å². The molecule has 1 aliphatic rings. The first-order chi connectivity index (χ1) is 16.3. The molecule has 0 saturated heterocycles. The molecule has 0 unspecified atom stereocenters. The predicted octanol–water partition coefficient (Wildman–Crippen LogP) is 5.87. The summed E-state index contributed by atoms with van der Waals surface area (Å²) in [5.74, 6) is -0.509. The van der Waals surface area contributed by atoms with Gasteiger partial charge in [0.05, 0.1) is 25.2 Å². The monoisotopic (exact) mass is 545 g/mol. The van der Waals surface area contributed by atoms with E-state index in [0.29, 0.717) is 38.6 Å². The van der Waals surface area contributed by atoms with Gasteiger partial charge in [-0.05, 0) is 56.7 Å². The molecule has 0 bridgehead atoms. The van der Waals surface area contributed by atoms with Gasteiger partial charge in [-0.15, -0.1) is 0 Å². The molecule has 1 heterocycles. The average Bonchev–Trinajstić information content (AvgIpc) is 3.11. The number of aryl methyl sites for hydroxylation is 1. The molecule has 0 saturated carbocycles. The average molecular weight is 546 g/mol. The smallest absolute Gasteiger partial charge is 0.344 e. The van der Waals surface area contributed by atoms with E-state index >= 15 is 0 Å². The molecule has 0 aliphatic carbocycles. The van der Waals surface area contributed by atoms with Crippen LogP contribution >= 0.6 is 27.7 Å². The number of halogens is 1. The van der Waals surface area contributed by atoms with Gasteiger partial charge in [-0.3, -0.25) is 4.79 Å². The van der Waals surface area contributed by atoms with Crippen LogP contribution in [0, 0.1) is 6.92 Å². The van der Waals surface area contributed by atoms with E-state index in [4.69, 9.17) is 14.2 Å². The Kier molecular flexibility index (Phi) is 8.57. The van der Waals surface area contributed by atoms with Gasteiger partial charge >= 0.3 is 5.97 Å². The molecule has 0 spiro atoms. The summed E-state index contributed by atoms with van der Waals surface area (Å²) in [5, 5.41) is 11.0. The lowest BCUT2D eigenvalue weighted by Gasteiger charge is -2.12. The van der Waals surface area contributed by atoms with Crippen molar-refractivity contribution in [2.45, 2.75) is 20.8 Å². The van der Waals surface area contributed by atoms with Gasteiger partial charge in [0.2, 0.25) is 0 Å².